The number of hydrogen-bond acceptors (Lipinski definition) is 4. The SMILES string of the molecule is CN(C)C(=O)C1CC(O)(c2ccc(C3=NOC(c4cc(Cl)c(Cl)c(Cl)c4)(C(F)(F)F)C3)cc2)C1. The van der Waals surface area contributed by atoms with Gasteiger partial charge in [-0.15, -0.1) is 0 Å². The number of carbonyl (C=O) groups excluding carboxylic acids is 1. The molecule has 1 heterocycles. The average molecular weight is 536 g/mol. The molecule has 182 valence electrons. The van der Waals surface area contributed by atoms with Gasteiger partial charge in [-0.05, 0) is 36.1 Å². The minimum absolute atomic E-state index is 0.0512. The van der Waals surface area contributed by atoms with E-state index in [0.29, 0.717) is 11.1 Å². The number of oxime groups is 1. The molecular weight excluding hydrogens is 516 g/mol. The van der Waals surface area contributed by atoms with Gasteiger partial charge in [-0.1, -0.05) is 64.2 Å². The Morgan fingerprint density at radius 3 is 2.15 bits per heavy atom. The van der Waals surface area contributed by atoms with Crippen molar-refractivity contribution in [1.82, 2.24) is 4.90 Å². The minimum atomic E-state index is -4.83. The van der Waals surface area contributed by atoms with Gasteiger partial charge in [0, 0.05) is 32.0 Å². The zero-order valence-corrected chi connectivity index (χ0v) is 20.4. The van der Waals surface area contributed by atoms with Crippen molar-refractivity contribution in [3.05, 3.63) is 68.2 Å². The van der Waals surface area contributed by atoms with Crippen molar-refractivity contribution in [1.29, 1.82) is 0 Å². The topological polar surface area (TPSA) is 62.1 Å². The normalized spacial score (nSPS) is 26.5. The molecule has 0 radical (unpaired) electrons. The first kappa shape index (κ1) is 25.1. The summed E-state index contributed by atoms with van der Waals surface area (Å²) in [5.41, 5.74) is -3.18. The number of aliphatic hydroxyl groups is 1. The fourth-order valence-corrected chi connectivity index (χ4v) is 4.95. The molecule has 0 bridgehead atoms. The Balaban J connectivity index is 1.56. The molecule has 1 saturated carbocycles. The van der Waals surface area contributed by atoms with Crippen molar-refractivity contribution in [3.63, 3.8) is 0 Å². The van der Waals surface area contributed by atoms with Gasteiger partial charge >= 0.3 is 6.18 Å². The van der Waals surface area contributed by atoms with Crippen molar-refractivity contribution in [2.24, 2.45) is 11.1 Å². The van der Waals surface area contributed by atoms with E-state index in [2.05, 4.69) is 5.16 Å². The smallest absolute Gasteiger partial charge is 0.385 e. The molecule has 1 atom stereocenters. The van der Waals surface area contributed by atoms with Crippen LogP contribution < -0.4 is 0 Å². The van der Waals surface area contributed by atoms with Crippen molar-refractivity contribution in [3.8, 4) is 0 Å². The number of hydrogen-bond donors (Lipinski definition) is 1. The van der Waals surface area contributed by atoms with E-state index in [1.807, 2.05) is 0 Å². The third-order valence-corrected chi connectivity index (χ3v) is 7.55. The molecule has 0 spiro atoms. The number of nitrogens with zero attached hydrogens (tertiary/aromatic N) is 2. The first-order valence-electron chi connectivity index (χ1n) is 10.3. The maximum absolute atomic E-state index is 14.2. The second kappa shape index (κ2) is 8.59. The second-order valence-corrected chi connectivity index (χ2v) is 10.0. The van der Waals surface area contributed by atoms with Crippen molar-refractivity contribution >= 4 is 46.4 Å². The zero-order chi connectivity index (χ0) is 25.1. The molecule has 1 N–H and O–H groups in total. The van der Waals surface area contributed by atoms with Crippen LogP contribution >= 0.6 is 34.8 Å². The molecular formula is C23H20Cl3F3N2O3. The maximum atomic E-state index is 14.2. The van der Waals surface area contributed by atoms with E-state index in [-0.39, 0.29) is 51.0 Å². The molecule has 0 saturated heterocycles. The Labute approximate surface area is 209 Å². The van der Waals surface area contributed by atoms with E-state index >= 15 is 0 Å². The summed E-state index contributed by atoms with van der Waals surface area (Å²) >= 11 is 17.8. The molecule has 1 aliphatic carbocycles. The lowest BCUT2D eigenvalue weighted by Gasteiger charge is -2.44. The Hall–Kier alpha value is -2.00. The molecule has 2 aliphatic rings. The standard InChI is InChI=1S/C23H20Cl3F3N2O3/c1-31(2)20(32)13-9-21(33,10-13)14-5-3-12(4-6-14)18-11-22(34-30-18,23(27,28)29)15-7-16(24)19(26)17(25)8-15/h3-8,13,33H,9-11H2,1-2H3. The first-order chi connectivity index (χ1) is 15.8. The number of rotatable bonds is 4. The number of alkyl halides is 3. The molecule has 1 aliphatic heterocycles. The van der Waals surface area contributed by atoms with Crippen molar-refractivity contribution in [2.45, 2.75) is 36.6 Å². The highest BCUT2D eigenvalue weighted by Gasteiger charge is 2.62. The predicted octanol–water partition coefficient (Wildman–Crippen LogP) is 5.91. The highest BCUT2D eigenvalue weighted by atomic mass is 35.5. The number of halogens is 6. The summed E-state index contributed by atoms with van der Waals surface area (Å²) in [4.78, 5) is 18.6. The van der Waals surface area contributed by atoms with Crippen LogP contribution in [0.15, 0.2) is 41.6 Å². The van der Waals surface area contributed by atoms with Crippen LogP contribution in [-0.4, -0.2) is 41.9 Å². The first-order valence-corrected chi connectivity index (χ1v) is 11.4. The fourth-order valence-electron chi connectivity index (χ4n) is 4.35. The van der Waals surface area contributed by atoms with Crippen LogP contribution in [0.5, 0.6) is 0 Å². The van der Waals surface area contributed by atoms with E-state index in [9.17, 15) is 23.1 Å². The molecule has 11 heteroatoms. The molecule has 2 aromatic rings. The highest BCUT2D eigenvalue weighted by molar-refractivity contribution is 6.48. The van der Waals surface area contributed by atoms with Gasteiger partial charge in [0.1, 0.15) is 0 Å². The predicted molar refractivity (Wildman–Crippen MR) is 123 cm³/mol. The molecule has 1 amide bonds. The van der Waals surface area contributed by atoms with Crippen LogP contribution in [0, 0.1) is 5.92 Å². The van der Waals surface area contributed by atoms with Gasteiger partial charge in [0.2, 0.25) is 5.91 Å². The molecule has 2 aromatic carbocycles. The molecule has 1 fully saturated rings. The molecule has 5 nitrogen and oxygen atoms in total. The zero-order valence-electron chi connectivity index (χ0n) is 18.1. The Bertz CT molecular complexity index is 1140. The quantitative estimate of drug-likeness (QED) is 0.495. The van der Waals surface area contributed by atoms with Crippen LogP contribution in [0.1, 0.15) is 36.0 Å². The Morgan fingerprint density at radius 1 is 1.09 bits per heavy atom. The van der Waals surface area contributed by atoms with E-state index in [4.69, 9.17) is 39.6 Å². The average Bonchev–Trinajstić information content (AvgIpc) is 3.21. The second-order valence-electron chi connectivity index (χ2n) is 8.83. The van der Waals surface area contributed by atoms with Gasteiger partial charge in [-0.25, -0.2) is 0 Å². The third kappa shape index (κ3) is 4.15. The summed E-state index contributed by atoms with van der Waals surface area (Å²) in [6.07, 6.45) is -4.87. The van der Waals surface area contributed by atoms with Crippen LogP contribution in [0.3, 0.4) is 0 Å². The summed E-state index contributed by atoms with van der Waals surface area (Å²) in [6, 6.07) is 8.54. The molecule has 0 aromatic heterocycles. The van der Waals surface area contributed by atoms with Crippen molar-refractivity contribution < 1.29 is 27.9 Å². The fraction of sp³-hybridized carbons (Fsp3) is 0.391. The third-order valence-electron chi connectivity index (χ3n) is 6.35. The largest absolute Gasteiger partial charge is 0.435 e. The van der Waals surface area contributed by atoms with E-state index in [0.717, 1.165) is 12.1 Å². The maximum Gasteiger partial charge on any atom is 0.435 e. The highest BCUT2D eigenvalue weighted by Crippen LogP contribution is 2.51. The van der Waals surface area contributed by atoms with Crippen LogP contribution in [0.25, 0.3) is 0 Å². The summed E-state index contributed by atoms with van der Waals surface area (Å²) in [5.74, 6) is -0.317. The van der Waals surface area contributed by atoms with Gasteiger partial charge in [-0.2, -0.15) is 13.2 Å². The molecule has 1 unspecified atom stereocenters. The van der Waals surface area contributed by atoms with E-state index in [1.54, 1.807) is 38.4 Å². The Kier molecular flexibility index (Phi) is 6.34. The van der Waals surface area contributed by atoms with Crippen LogP contribution in [-0.2, 0) is 20.8 Å². The summed E-state index contributed by atoms with van der Waals surface area (Å²) < 4.78 is 42.6. The van der Waals surface area contributed by atoms with Gasteiger partial charge in [0.15, 0.2) is 0 Å². The summed E-state index contributed by atoms with van der Waals surface area (Å²) in [6.45, 7) is 0. The summed E-state index contributed by atoms with van der Waals surface area (Å²) in [7, 11) is 3.32. The van der Waals surface area contributed by atoms with Gasteiger partial charge in [0.05, 0.1) is 26.4 Å². The van der Waals surface area contributed by atoms with Gasteiger partial charge < -0.3 is 14.8 Å². The summed E-state index contributed by atoms with van der Waals surface area (Å²) in [5, 5.41) is 14.3. The lowest BCUT2D eigenvalue weighted by Crippen LogP contribution is -2.47. The van der Waals surface area contributed by atoms with Crippen LogP contribution in [0.4, 0.5) is 13.2 Å². The van der Waals surface area contributed by atoms with Gasteiger partial charge in [0.25, 0.3) is 5.60 Å². The molecule has 34 heavy (non-hydrogen) atoms. The van der Waals surface area contributed by atoms with Crippen molar-refractivity contribution in [2.75, 3.05) is 14.1 Å². The van der Waals surface area contributed by atoms with Crippen LogP contribution in [0.2, 0.25) is 15.1 Å². The van der Waals surface area contributed by atoms with Gasteiger partial charge in [-0.3, -0.25) is 4.79 Å². The minimum Gasteiger partial charge on any atom is -0.385 e. The monoisotopic (exact) mass is 534 g/mol. The lowest BCUT2D eigenvalue weighted by atomic mass is 9.67. The number of amides is 1. The number of carbonyl (C=O) groups is 1. The van der Waals surface area contributed by atoms with E-state index < -0.39 is 23.8 Å². The Morgan fingerprint density at radius 2 is 1.65 bits per heavy atom. The van der Waals surface area contributed by atoms with E-state index in [1.165, 1.54) is 4.90 Å². The molecule has 4 rings (SSSR count). The lowest BCUT2D eigenvalue weighted by molar-refractivity contribution is -0.275. The number of benzene rings is 2.